The molecule has 0 bridgehead atoms. The number of benzene rings is 1. The van der Waals surface area contributed by atoms with Crippen molar-refractivity contribution in [3.05, 3.63) is 29.3 Å². The Morgan fingerprint density at radius 3 is 2.37 bits per heavy atom. The number of hydrogen-bond acceptors (Lipinski definition) is 8. The number of oxazole rings is 1. The number of nitrogens with one attached hydrogen (secondary N) is 1. The maximum Gasteiger partial charge on any atom is 0.232 e. The van der Waals surface area contributed by atoms with Gasteiger partial charge in [0.2, 0.25) is 23.2 Å². The number of hydrogen-bond donors (Lipinski definition) is 1. The van der Waals surface area contributed by atoms with Crippen LogP contribution < -0.4 is 19.5 Å². The van der Waals surface area contributed by atoms with Gasteiger partial charge in [-0.05, 0) is 30.2 Å². The van der Waals surface area contributed by atoms with Crippen LogP contribution >= 0.6 is 0 Å². The van der Waals surface area contributed by atoms with E-state index in [-0.39, 0.29) is 5.69 Å². The number of aromatic nitrogens is 1. The fourth-order valence-corrected chi connectivity index (χ4v) is 2.39. The molecule has 1 aromatic carbocycles. The molecule has 8 heteroatoms. The van der Waals surface area contributed by atoms with Crippen molar-refractivity contribution in [2.24, 2.45) is 0 Å². The standard InChI is InChI=1S/C19H23N3O5/c1-23-9-5-8-21-19-14(12-20)22-17(27-19)7-6-13-10-15(24-2)18(26-4)16(11-13)25-3/h6-7,10-11,21H,5,8-9H2,1-4H3/b7-6+. The van der Waals surface area contributed by atoms with Gasteiger partial charge in [0, 0.05) is 26.3 Å². The van der Waals surface area contributed by atoms with Crippen molar-refractivity contribution in [1.82, 2.24) is 4.98 Å². The number of rotatable bonds is 10. The van der Waals surface area contributed by atoms with Gasteiger partial charge in [0.1, 0.15) is 6.07 Å². The van der Waals surface area contributed by atoms with Crippen molar-refractivity contribution < 1.29 is 23.4 Å². The van der Waals surface area contributed by atoms with E-state index in [1.807, 2.05) is 6.07 Å². The SMILES string of the molecule is COCCCNc1oc(/C=C/c2cc(OC)c(OC)c(OC)c2)nc1C#N. The predicted octanol–water partition coefficient (Wildman–Crippen LogP) is 3.19. The van der Waals surface area contributed by atoms with Gasteiger partial charge in [-0.25, -0.2) is 0 Å². The van der Waals surface area contributed by atoms with Crippen LogP contribution in [0.25, 0.3) is 12.2 Å². The molecule has 2 aromatic rings. The van der Waals surface area contributed by atoms with Gasteiger partial charge in [-0.15, -0.1) is 0 Å². The Morgan fingerprint density at radius 1 is 1.11 bits per heavy atom. The highest BCUT2D eigenvalue weighted by molar-refractivity contribution is 5.71. The van der Waals surface area contributed by atoms with Gasteiger partial charge in [0.05, 0.1) is 21.3 Å². The Hall–Kier alpha value is -3.18. The fourth-order valence-electron chi connectivity index (χ4n) is 2.39. The Balaban J connectivity index is 2.20. The largest absolute Gasteiger partial charge is 0.493 e. The molecule has 0 aliphatic carbocycles. The van der Waals surface area contributed by atoms with Gasteiger partial charge >= 0.3 is 0 Å². The molecule has 0 aliphatic heterocycles. The smallest absolute Gasteiger partial charge is 0.232 e. The first-order valence-corrected chi connectivity index (χ1v) is 8.28. The third kappa shape index (κ3) is 5.15. The molecule has 0 spiro atoms. The van der Waals surface area contributed by atoms with E-state index in [0.717, 1.165) is 12.0 Å². The molecule has 0 saturated carbocycles. The van der Waals surface area contributed by atoms with Crippen LogP contribution in [0.4, 0.5) is 5.88 Å². The first kappa shape index (κ1) is 20.1. The summed E-state index contributed by atoms with van der Waals surface area (Å²) in [5.41, 5.74) is 1.01. The predicted molar refractivity (Wildman–Crippen MR) is 101 cm³/mol. The molecule has 27 heavy (non-hydrogen) atoms. The molecule has 144 valence electrons. The van der Waals surface area contributed by atoms with Crippen LogP contribution in [0.5, 0.6) is 17.2 Å². The maximum atomic E-state index is 9.21. The molecule has 0 saturated heterocycles. The second kappa shape index (κ2) is 10.1. The molecule has 0 aliphatic rings. The Labute approximate surface area is 158 Å². The second-order valence-electron chi connectivity index (χ2n) is 5.41. The van der Waals surface area contributed by atoms with E-state index in [2.05, 4.69) is 10.3 Å². The maximum absolute atomic E-state index is 9.21. The van der Waals surface area contributed by atoms with E-state index in [0.29, 0.717) is 42.2 Å². The van der Waals surface area contributed by atoms with Gasteiger partial charge in [-0.3, -0.25) is 0 Å². The minimum absolute atomic E-state index is 0.206. The lowest BCUT2D eigenvalue weighted by Crippen LogP contribution is -2.04. The minimum Gasteiger partial charge on any atom is -0.493 e. The Kier molecular flexibility index (Phi) is 7.52. The third-order valence-corrected chi connectivity index (χ3v) is 3.67. The molecule has 0 amide bonds. The van der Waals surface area contributed by atoms with Gasteiger partial charge in [0.25, 0.3) is 0 Å². The molecule has 0 unspecified atom stereocenters. The van der Waals surface area contributed by atoms with Crippen LogP contribution in [0.15, 0.2) is 16.5 Å². The first-order chi connectivity index (χ1) is 13.2. The summed E-state index contributed by atoms with van der Waals surface area (Å²) >= 11 is 0. The fraction of sp³-hybridized carbons (Fsp3) is 0.368. The summed E-state index contributed by atoms with van der Waals surface area (Å²) in [6.45, 7) is 1.24. The van der Waals surface area contributed by atoms with Crippen molar-refractivity contribution in [2.75, 3.05) is 46.9 Å². The molecule has 2 rings (SSSR count). The number of anilines is 1. The van der Waals surface area contributed by atoms with Crippen molar-refractivity contribution >= 4 is 18.0 Å². The highest BCUT2D eigenvalue weighted by atomic mass is 16.5. The summed E-state index contributed by atoms with van der Waals surface area (Å²) in [6.07, 6.45) is 4.24. The zero-order valence-corrected chi connectivity index (χ0v) is 15.9. The molecule has 0 atom stereocenters. The lowest BCUT2D eigenvalue weighted by molar-refractivity contribution is 0.197. The molecule has 1 N–H and O–H groups in total. The lowest BCUT2D eigenvalue weighted by atomic mass is 10.1. The normalized spacial score (nSPS) is 10.6. The lowest BCUT2D eigenvalue weighted by Gasteiger charge is -2.12. The topological polar surface area (TPSA) is 98.8 Å². The highest BCUT2D eigenvalue weighted by Gasteiger charge is 2.13. The summed E-state index contributed by atoms with van der Waals surface area (Å²) in [4.78, 5) is 4.17. The van der Waals surface area contributed by atoms with Crippen molar-refractivity contribution in [3.63, 3.8) is 0 Å². The zero-order chi connectivity index (χ0) is 19.6. The summed E-state index contributed by atoms with van der Waals surface area (Å²) in [5.74, 6) is 2.26. The monoisotopic (exact) mass is 373 g/mol. The zero-order valence-electron chi connectivity index (χ0n) is 15.9. The summed E-state index contributed by atoms with van der Waals surface area (Å²) < 4.78 is 26.6. The van der Waals surface area contributed by atoms with Crippen molar-refractivity contribution in [1.29, 1.82) is 5.26 Å². The number of ether oxygens (including phenoxy) is 4. The number of methoxy groups -OCH3 is 4. The van der Waals surface area contributed by atoms with Crippen LogP contribution in [0.3, 0.4) is 0 Å². The van der Waals surface area contributed by atoms with Crippen molar-refractivity contribution in [3.8, 4) is 23.3 Å². The van der Waals surface area contributed by atoms with Gasteiger partial charge in [-0.2, -0.15) is 10.2 Å². The van der Waals surface area contributed by atoms with Crippen LogP contribution in [-0.4, -0.2) is 46.6 Å². The number of nitrogens with zero attached hydrogens (tertiary/aromatic N) is 2. The molecular formula is C19H23N3O5. The molecule has 0 radical (unpaired) electrons. The quantitative estimate of drug-likeness (QED) is 0.634. The first-order valence-electron chi connectivity index (χ1n) is 8.28. The van der Waals surface area contributed by atoms with Gasteiger partial charge in [-0.1, -0.05) is 0 Å². The molecule has 0 fully saturated rings. The third-order valence-electron chi connectivity index (χ3n) is 3.67. The molecule has 8 nitrogen and oxygen atoms in total. The number of nitriles is 1. The molecular weight excluding hydrogens is 350 g/mol. The second-order valence-corrected chi connectivity index (χ2v) is 5.41. The average Bonchev–Trinajstić information content (AvgIpc) is 3.10. The van der Waals surface area contributed by atoms with Crippen LogP contribution in [0.1, 0.15) is 23.6 Å². The van der Waals surface area contributed by atoms with E-state index in [9.17, 15) is 5.26 Å². The minimum atomic E-state index is 0.206. The van der Waals surface area contributed by atoms with Crippen LogP contribution in [0.2, 0.25) is 0 Å². The summed E-state index contributed by atoms with van der Waals surface area (Å²) in [7, 11) is 6.30. The van der Waals surface area contributed by atoms with Gasteiger partial charge < -0.3 is 28.7 Å². The Bertz CT molecular complexity index is 798. The van der Waals surface area contributed by atoms with E-state index in [1.165, 1.54) is 0 Å². The van der Waals surface area contributed by atoms with Crippen LogP contribution in [0, 0.1) is 11.3 Å². The average molecular weight is 373 g/mol. The highest BCUT2D eigenvalue weighted by Crippen LogP contribution is 2.38. The van der Waals surface area contributed by atoms with E-state index in [1.54, 1.807) is 52.7 Å². The summed E-state index contributed by atoms with van der Waals surface area (Å²) in [5, 5.41) is 12.3. The molecule has 1 aromatic heterocycles. The molecule has 1 heterocycles. The van der Waals surface area contributed by atoms with E-state index >= 15 is 0 Å². The summed E-state index contributed by atoms with van der Waals surface area (Å²) in [6, 6.07) is 5.62. The van der Waals surface area contributed by atoms with Crippen molar-refractivity contribution in [2.45, 2.75) is 6.42 Å². The van der Waals surface area contributed by atoms with Gasteiger partial charge in [0.15, 0.2) is 11.5 Å². The Morgan fingerprint density at radius 2 is 1.81 bits per heavy atom. The van der Waals surface area contributed by atoms with E-state index < -0.39 is 0 Å². The van der Waals surface area contributed by atoms with Crippen LogP contribution in [-0.2, 0) is 4.74 Å². The van der Waals surface area contributed by atoms with E-state index in [4.69, 9.17) is 23.4 Å².